The van der Waals surface area contributed by atoms with E-state index < -0.39 is 0 Å². The Bertz CT molecular complexity index is 248. The molecule has 114 valence electrons. The van der Waals surface area contributed by atoms with Gasteiger partial charge in [0.2, 0.25) is 0 Å². The topological polar surface area (TPSA) is 15.3 Å². The average molecular weight is 268 g/mol. The summed E-state index contributed by atoms with van der Waals surface area (Å²) in [6.45, 7) is 16.4. The third-order valence-electron chi connectivity index (χ3n) is 4.54. The van der Waals surface area contributed by atoms with Gasteiger partial charge in [-0.25, -0.2) is 0 Å². The maximum Gasteiger partial charge on any atom is 0.0253 e. The number of rotatable bonds is 7. The van der Waals surface area contributed by atoms with Crippen LogP contribution in [0.25, 0.3) is 0 Å². The fraction of sp³-hybridized carbons (Fsp3) is 1.00. The number of nitrogens with one attached hydrogen (secondary N) is 1. The van der Waals surface area contributed by atoms with Crippen LogP contribution in [0.15, 0.2) is 0 Å². The predicted octanol–water partition coefficient (Wildman–Crippen LogP) is 4.05. The SMILES string of the molecule is CCCCC(CCC)N1CC(C)(C)NCC1C(C)C. The maximum atomic E-state index is 3.73. The van der Waals surface area contributed by atoms with Gasteiger partial charge in [-0.05, 0) is 32.6 Å². The van der Waals surface area contributed by atoms with E-state index in [1.165, 1.54) is 38.6 Å². The van der Waals surface area contributed by atoms with Crippen molar-refractivity contribution in [2.45, 2.75) is 91.3 Å². The van der Waals surface area contributed by atoms with E-state index in [0.29, 0.717) is 6.04 Å². The summed E-state index contributed by atoms with van der Waals surface area (Å²) in [7, 11) is 0. The van der Waals surface area contributed by atoms with Crippen LogP contribution in [0.2, 0.25) is 0 Å². The minimum absolute atomic E-state index is 0.267. The Morgan fingerprint density at radius 1 is 1.16 bits per heavy atom. The van der Waals surface area contributed by atoms with Crippen molar-refractivity contribution in [2.24, 2.45) is 5.92 Å². The second-order valence-corrected chi connectivity index (χ2v) is 7.33. The molecular weight excluding hydrogens is 232 g/mol. The number of piperazine rings is 1. The number of hydrogen-bond acceptors (Lipinski definition) is 2. The largest absolute Gasteiger partial charge is 0.309 e. The molecule has 0 aromatic heterocycles. The van der Waals surface area contributed by atoms with Crippen LogP contribution in [-0.2, 0) is 0 Å². The van der Waals surface area contributed by atoms with E-state index in [9.17, 15) is 0 Å². The summed E-state index contributed by atoms with van der Waals surface area (Å²) in [6.07, 6.45) is 6.74. The van der Waals surface area contributed by atoms with Gasteiger partial charge in [0.15, 0.2) is 0 Å². The fourth-order valence-electron chi connectivity index (χ4n) is 3.40. The fourth-order valence-corrected chi connectivity index (χ4v) is 3.40. The molecule has 1 rings (SSSR count). The lowest BCUT2D eigenvalue weighted by atomic mass is 9.89. The molecule has 1 saturated heterocycles. The minimum atomic E-state index is 0.267. The average Bonchev–Trinajstić information content (AvgIpc) is 2.32. The molecule has 2 atom stereocenters. The third-order valence-corrected chi connectivity index (χ3v) is 4.54. The highest BCUT2D eigenvalue weighted by atomic mass is 15.3. The van der Waals surface area contributed by atoms with E-state index in [-0.39, 0.29) is 5.54 Å². The van der Waals surface area contributed by atoms with E-state index in [1.807, 2.05) is 0 Å². The van der Waals surface area contributed by atoms with E-state index in [0.717, 1.165) is 18.5 Å². The Labute approximate surface area is 121 Å². The van der Waals surface area contributed by atoms with Gasteiger partial charge in [-0.1, -0.05) is 47.0 Å². The Morgan fingerprint density at radius 2 is 1.84 bits per heavy atom. The molecule has 1 aliphatic rings. The molecule has 1 aliphatic heterocycles. The Morgan fingerprint density at radius 3 is 2.37 bits per heavy atom. The first-order valence-electron chi connectivity index (χ1n) is 8.42. The van der Waals surface area contributed by atoms with Crippen molar-refractivity contribution >= 4 is 0 Å². The molecule has 0 radical (unpaired) electrons. The molecule has 0 saturated carbocycles. The van der Waals surface area contributed by atoms with Crippen LogP contribution >= 0.6 is 0 Å². The quantitative estimate of drug-likeness (QED) is 0.749. The van der Waals surface area contributed by atoms with E-state index in [1.54, 1.807) is 0 Å². The molecule has 0 aliphatic carbocycles. The lowest BCUT2D eigenvalue weighted by Crippen LogP contribution is -2.65. The summed E-state index contributed by atoms with van der Waals surface area (Å²) in [6, 6.07) is 1.50. The summed E-state index contributed by atoms with van der Waals surface area (Å²) >= 11 is 0. The van der Waals surface area contributed by atoms with Crippen molar-refractivity contribution in [1.29, 1.82) is 0 Å². The van der Waals surface area contributed by atoms with Crippen molar-refractivity contribution in [3.8, 4) is 0 Å². The molecule has 0 bridgehead atoms. The summed E-state index contributed by atoms with van der Waals surface area (Å²) < 4.78 is 0. The molecule has 1 heterocycles. The van der Waals surface area contributed by atoms with Crippen LogP contribution in [-0.4, -0.2) is 35.6 Å². The van der Waals surface area contributed by atoms with Crippen molar-refractivity contribution in [3.63, 3.8) is 0 Å². The predicted molar refractivity (Wildman–Crippen MR) is 85.6 cm³/mol. The van der Waals surface area contributed by atoms with Gasteiger partial charge in [-0.15, -0.1) is 0 Å². The van der Waals surface area contributed by atoms with Gasteiger partial charge in [-0.3, -0.25) is 4.90 Å². The number of nitrogens with zero attached hydrogens (tertiary/aromatic N) is 1. The van der Waals surface area contributed by atoms with Crippen LogP contribution in [0.5, 0.6) is 0 Å². The molecule has 0 aromatic carbocycles. The van der Waals surface area contributed by atoms with Gasteiger partial charge in [0.05, 0.1) is 0 Å². The van der Waals surface area contributed by atoms with Crippen LogP contribution < -0.4 is 5.32 Å². The normalized spacial score (nSPS) is 25.7. The summed E-state index contributed by atoms with van der Waals surface area (Å²) in [5.41, 5.74) is 0.267. The van der Waals surface area contributed by atoms with Crippen molar-refractivity contribution in [2.75, 3.05) is 13.1 Å². The molecule has 2 nitrogen and oxygen atoms in total. The summed E-state index contributed by atoms with van der Waals surface area (Å²) in [4.78, 5) is 2.83. The van der Waals surface area contributed by atoms with E-state index >= 15 is 0 Å². The monoisotopic (exact) mass is 268 g/mol. The molecule has 1 N–H and O–H groups in total. The highest BCUT2D eigenvalue weighted by molar-refractivity contribution is 4.95. The van der Waals surface area contributed by atoms with Gasteiger partial charge in [0, 0.05) is 30.7 Å². The third kappa shape index (κ3) is 5.07. The second-order valence-electron chi connectivity index (χ2n) is 7.33. The molecule has 0 aromatic rings. The molecule has 0 amide bonds. The highest BCUT2D eigenvalue weighted by Crippen LogP contribution is 2.26. The molecule has 19 heavy (non-hydrogen) atoms. The molecule has 2 unspecified atom stereocenters. The first-order chi connectivity index (χ1) is 8.91. The van der Waals surface area contributed by atoms with Crippen molar-refractivity contribution in [3.05, 3.63) is 0 Å². The van der Waals surface area contributed by atoms with E-state index in [4.69, 9.17) is 0 Å². The number of hydrogen-bond donors (Lipinski definition) is 1. The summed E-state index contributed by atoms with van der Waals surface area (Å²) in [5, 5.41) is 3.73. The van der Waals surface area contributed by atoms with Crippen LogP contribution in [0, 0.1) is 5.92 Å². The Kier molecular flexibility index (Phi) is 6.82. The smallest absolute Gasteiger partial charge is 0.0253 e. The second kappa shape index (κ2) is 7.64. The standard InChI is InChI=1S/C17H36N2/c1-7-9-11-15(10-8-2)19-13-17(5,6)18-12-16(19)14(3)4/h14-16,18H,7-13H2,1-6H3. The van der Waals surface area contributed by atoms with Gasteiger partial charge in [0.25, 0.3) is 0 Å². The van der Waals surface area contributed by atoms with Gasteiger partial charge in [0.1, 0.15) is 0 Å². The maximum absolute atomic E-state index is 3.73. The van der Waals surface area contributed by atoms with Crippen LogP contribution in [0.1, 0.15) is 73.6 Å². The van der Waals surface area contributed by atoms with Gasteiger partial charge >= 0.3 is 0 Å². The first kappa shape index (κ1) is 17.0. The molecular formula is C17H36N2. The first-order valence-corrected chi connectivity index (χ1v) is 8.42. The van der Waals surface area contributed by atoms with Crippen LogP contribution in [0.4, 0.5) is 0 Å². The summed E-state index contributed by atoms with van der Waals surface area (Å²) in [5.74, 6) is 0.740. The molecule has 0 spiro atoms. The molecule has 1 fully saturated rings. The van der Waals surface area contributed by atoms with Crippen LogP contribution in [0.3, 0.4) is 0 Å². The highest BCUT2D eigenvalue weighted by Gasteiger charge is 2.36. The van der Waals surface area contributed by atoms with Gasteiger partial charge in [-0.2, -0.15) is 0 Å². The Hall–Kier alpha value is -0.0800. The molecule has 2 heteroatoms. The zero-order valence-electron chi connectivity index (χ0n) is 14.1. The lowest BCUT2D eigenvalue weighted by molar-refractivity contribution is 0.0242. The zero-order valence-corrected chi connectivity index (χ0v) is 14.1. The Balaban J connectivity index is 2.78. The zero-order chi connectivity index (χ0) is 14.5. The lowest BCUT2D eigenvalue weighted by Gasteiger charge is -2.50. The van der Waals surface area contributed by atoms with Crippen molar-refractivity contribution in [1.82, 2.24) is 10.2 Å². The van der Waals surface area contributed by atoms with Crippen molar-refractivity contribution < 1.29 is 0 Å². The minimum Gasteiger partial charge on any atom is -0.309 e. The van der Waals surface area contributed by atoms with E-state index in [2.05, 4.69) is 51.8 Å². The number of unbranched alkanes of at least 4 members (excludes halogenated alkanes) is 1. The van der Waals surface area contributed by atoms with Gasteiger partial charge < -0.3 is 5.32 Å².